The van der Waals surface area contributed by atoms with Crippen molar-refractivity contribution in [3.8, 4) is 17.7 Å². The van der Waals surface area contributed by atoms with Gasteiger partial charge in [-0.05, 0) is 132 Å². The van der Waals surface area contributed by atoms with Crippen LogP contribution in [0.15, 0.2) is 78.9 Å². The summed E-state index contributed by atoms with van der Waals surface area (Å²) in [5, 5.41) is 7.77. The van der Waals surface area contributed by atoms with Gasteiger partial charge in [0.1, 0.15) is 31.4 Å². The second kappa shape index (κ2) is 26.5. The molecular weight excluding hydrogens is 1080 g/mol. The van der Waals surface area contributed by atoms with Gasteiger partial charge in [-0.2, -0.15) is 0 Å². The highest BCUT2D eigenvalue weighted by molar-refractivity contribution is 5.93. The number of ether oxygens (including phenoxy) is 7. The van der Waals surface area contributed by atoms with Crippen molar-refractivity contribution in [2.24, 2.45) is 27.4 Å². The Morgan fingerprint density at radius 1 is 0.655 bits per heavy atom. The van der Waals surface area contributed by atoms with E-state index in [1.807, 2.05) is 42.5 Å². The first-order valence-corrected chi connectivity index (χ1v) is 27.9. The molecule has 2 aliphatic rings. The fraction of sp³-hybridized carbons (Fsp3) is 0.508. The summed E-state index contributed by atoms with van der Waals surface area (Å²) in [7, 11) is 0. The van der Waals surface area contributed by atoms with Crippen molar-refractivity contribution in [1.29, 1.82) is 0 Å². The maximum absolute atomic E-state index is 14.0. The Hall–Kier alpha value is -8.25. The molecule has 6 rings (SSSR count). The molecule has 3 heterocycles. The first-order valence-electron chi connectivity index (χ1n) is 27.9. The third-order valence-electron chi connectivity index (χ3n) is 13.3. The fourth-order valence-electron chi connectivity index (χ4n) is 8.41. The van der Waals surface area contributed by atoms with Gasteiger partial charge < -0.3 is 54.0 Å². The lowest BCUT2D eigenvalue weighted by Gasteiger charge is -2.45. The smallest absolute Gasteiger partial charge is 0.410 e. The monoisotopic (exact) mass is 1160 g/mol. The predicted molar refractivity (Wildman–Crippen MR) is 310 cm³/mol. The summed E-state index contributed by atoms with van der Waals surface area (Å²) in [4.78, 5) is 110. The summed E-state index contributed by atoms with van der Waals surface area (Å²) in [5.41, 5.74) is 3.15. The van der Waals surface area contributed by atoms with Gasteiger partial charge in [-0.25, -0.2) is 4.79 Å². The molecule has 4 aromatic rings. The maximum atomic E-state index is 14.0. The average molecular weight is 1160 g/mol. The number of primary amides is 1. The molecule has 0 unspecified atom stereocenters. The summed E-state index contributed by atoms with van der Waals surface area (Å²) in [6.07, 6.45) is -4.92. The van der Waals surface area contributed by atoms with Gasteiger partial charge in [0.25, 0.3) is 0 Å². The number of nitrogens with one attached hydrogen (secondary N) is 1. The average Bonchev–Trinajstić information content (AvgIpc) is 1.76. The van der Waals surface area contributed by atoms with Crippen LogP contribution in [0.2, 0.25) is 0 Å². The van der Waals surface area contributed by atoms with Crippen LogP contribution in [0.3, 0.4) is 0 Å². The molecule has 0 radical (unpaired) electrons. The minimum absolute atomic E-state index is 0.0118. The molecule has 84 heavy (non-hydrogen) atoms. The number of nitrogens with zero attached hydrogens (tertiary/aromatic N) is 4. The predicted octanol–water partition coefficient (Wildman–Crippen LogP) is 7.27. The van der Waals surface area contributed by atoms with E-state index in [4.69, 9.17) is 38.9 Å². The molecule has 2 saturated heterocycles. The molecule has 0 saturated carbocycles. The van der Waals surface area contributed by atoms with Gasteiger partial charge in [-0.3, -0.25) is 38.2 Å². The van der Waals surface area contributed by atoms with Gasteiger partial charge in [-0.1, -0.05) is 72.5 Å². The van der Waals surface area contributed by atoms with Crippen molar-refractivity contribution in [2.75, 3.05) is 32.8 Å². The van der Waals surface area contributed by atoms with Gasteiger partial charge in [0.2, 0.25) is 36.0 Å². The normalized spacial score (nSPS) is 18.7. The van der Waals surface area contributed by atoms with E-state index in [0.717, 1.165) is 11.1 Å². The Morgan fingerprint density at radius 3 is 1.79 bits per heavy atom. The molecule has 0 spiro atoms. The van der Waals surface area contributed by atoms with Crippen LogP contribution in [-0.2, 0) is 75.1 Å². The second-order valence-electron chi connectivity index (χ2n) is 25.5. The number of rotatable bonds is 16. The molecule has 21 heteroatoms. The van der Waals surface area contributed by atoms with E-state index in [1.165, 1.54) is 4.68 Å². The van der Waals surface area contributed by atoms with E-state index in [-0.39, 0.29) is 36.1 Å². The Morgan fingerprint density at radius 2 is 1.21 bits per heavy atom. The van der Waals surface area contributed by atoms with E-state index in [0.29, 0.717) is 42.8 Å². The lowest BCUT2D eigenvalue weighted by atomic mass is 9.93. The number of hydrogen-bond acceptors (Lipinski definition) is 16. The molecule has 452 valence electrons. The molecule has 1 aromatic heterocycles. The number of aromatic nitrogens is 2. The quantitative estimate of drug-likeness (QED) is 0.0635. The Balaban J connectivity index is 1.23. The first kappa shape index (κ1) is 64.9. The van der Waals surface area contributed by atoms with Gasteiger partial charge in [0, 0.05) is 43.7 Å². The van der Waals surface area contributed by atoms with Gasteiger partial charge in [0.15, 0.2) is 12.2 Å². The van der Waals surface area contributed by atoms with Crippen LogP contribution in [0.4, 0.5) is 4.79 Å². The van der Waals surface area contributed by atoms with Crippen molar-refractivity contribution in [3.63, 3.8) is 0 Å². The lowest BCUT2D eigenvalue weighted by Crippen LogP contribution is -2.65. The van der Waals surface area contributed by atoms with Gasteiger partial charge in [0.05, 0.1) is 32.6 Å². The zero-order valence-electron chi connectivity index (χ0n) is 50.6. The first-order chi connectivity index (χ1) is 39.1. The van der Waals surface area contributed by atoms with Gasteiger partial charge in [-0.15, -0.1) is 5.10 Å². The molecule has 2 aliphatic heterocycles. The van der Waals surface area contributed by atoms with Crippen LogP contribution in [-0.4, -0.2) is 136 Å². The highest BCUT2D eigenvalue weighted by atomic mass is 16.7. The minimum Gasteiger partial charge on any atom is -0.462 e. The maximum Gasteiger partial charge on any atom is 0.410 e. The minimum atomic E-state index is -1.71. The van der Waals surface area contributed by atoms with Crippen molar-refractivity contribution in [3.05, 3.63) is 101 Å². The molecule has 21 nitrogen and oxygen atoms in total. The number of piperazine rings is 1. The number of nitrogens with two attached hydrogens (primary N) is 1. The van der Waals surface area contributed by atoms with Crippen molar-refractivity contribution in [1.82, 2.24) is 24.9 Å². The highest BCUT2D eigenvalue weighted by Gasteiger charge is 2.56. The van der Waals surface area contributed by atoms with Crippen LogP contribution in [0.25, 0.3) is 17.0 Å². The largest absolute Gasteiger partial charge is 0.462 e. The molecule has 4 amide bonds. The molecule has 2 fully saturated rings. The van der Waals surface area contributed by atoms with E-state index < -0.39 is 107 Å². The van der Waals surface area contributed by atoms with Crippen LogP contribution >= 0.6 is 0 Å². The molecule has 0 aliphatic carbocycles. The fourth-order valence-corrected chi connectivity index (χ4v) is 8.41. The second-order valence-corrected chi connectivity index (χ2v) is 25.5. The van der Waals surface area contributed by atoms with E-state index in [9.17, 15) is 38.4 Å². The highest BCUT2D eigenvalue weighted by Crippen LogP contribution is 2.37. The standard InChI is InChI=1S/C63H80N6O15/c1-59(2,3)54(73)78-38-44-48(81-55(74)60(4,5)6)49(82-56(75)61(7,8)9)50(83-57(76)62(10,11)12)52(80-44)84-51-47-42(23-19-24-43(47)69(66-51)36-45(64)70)31-30-40-28-26-39(27-29-40)22-18-25-46(71)65-63(13,14)53(72)67-32-34-68(35-33-67)58(77)79-37-41-20-16-15-17-21-41/h15-24,26-29,44,48-50,52H,25,32-38H2,1-14H3,(H2,64,70)(H,65,71)/t44-,48-,49+,50-,52+/m1/s1. The number of hydrogen-bond donors (Lipinski definition) is 2. The Bertz CT molecular complexity index is 3160. The van der Waals surface area contributed by atoms with Crippen molar-refractivity contribution in [2.45, 2.75) is 153 Å². The number of fused-ring (bicyclic) bond motifs is 1. The Kier molecular flexibility index (Phi) is 20.5. The van der Waals surface area contributed by atoms with Crippen molar-refractivity contribution < 1.29 is 71.5 Å². The molecule has 0 bridgehead atoms. The summed E-state index contributed by atoms with van der Waals surface area (Å²) in [6.45, 7) is 23.2. The molecular formula is C63H80N6O15. The molecule has 3 N–H and O–H groups in total. The number of benzene rings is 3. The van der Waals surface area contributed by atoms with E-state index in [1.54, 1.807) is 149 Å². The zero-order chi connectivity index (χ0) is 62.1. The van der Waals surface area contributed by atoms with Crippen molar-refractivity contribution >= 4 is 64.7 Å². The number of esters is 4. The van der Waals surface area contributed by atoms with E-state index >= 15 is 0 Å². The SMILES string of the molecule is CC(C)(C)C(=O)OC[C@H]1O[C@@H](Oc2nn(CC(N)=O)c3cccc(C#Cc4ccc(C=CCC(=O)NC(C)(C)C(=O)N5CCN(C(=O)OCc6ccccc6)CC5)cc4)c23)[C@H](OC(=O)C(C)(C)C)[C@@H](OC(=O)C(C)(C)C)[C@@H]1OC(=O)C(C)(C)C. The molecule has 5 atom stereocenters. The number of carbonyl (C=O) groups excluding carboxylic acids is 8. The van der Waals surface area contributed by atoms with Crippen LogP contribution in [0.5, 0.6) is 5.88 Å². The molecule has 3 aromatic carbocycles. The van der Waals surface area contributed by atoms with Crippen LogP contribution in [0.1, 0.15) is 126 Å². The van der Waals surface area contributed by atoms with Gasteiger partial charge >= 0.3 is 30.0 Å². The number of carbonyl (C=O) groups is 8. The lowest BCUT2D eigenvalue weighted by molar-refractivity contribution is -0.294. The third kappa shape index (κ3) is 17.4. The van der Waals surface area contributed by atoms with E-state index in [2.05, 4.69) is 22.3 Å². The zero-order valence-corrected chi connectivity index (χ0v) is 50.6. The summed E-state index contributed by atoms with van der Waals surface area (Å²) < 4.78 is 44.2. The summed E-state index contributed by atoms with van der Waals surface area (Å²) in [6, 6.07) is 21.6. The topological polar surface area (TPSA) is 264 Å². The third-order valence-corrected chi connectivity index (χ3v) is 13.3. The van der Waals surface area contributed by atoms with Crippen LogP contribution in [0, 0.1) is 33.5 Å². The summed E-state index contributed by atoms with van der Waals surface area (Å²) >= 11 is 0. The Labute approximate surface area is 491 Å². The summed E-state index contributed by atoms with van der Waals surface area (Å²) in [5.74, 6) is 1.93. The van der Waals surface area contributed by atoms with Crippen LogP contribution < -0.4 is 15.8 Å². The number of amides is 4.